The third-order valence-corrected chi connectivity index (χ3v) is 21.1. The van der Waals surface area contributed by atoms with Gasteiger partial charge in [0.25, 0.3) is 0 Å². The predicted molar refractivity (Wildman–Crippen MR) is 489 cm³/mol. The maximum absolute atomic E-state index is 5.99. The van der Waals surface area contributed by atoms with Crippen molar-refractivity contribution >= 4 is 66.6 Å². The molecule has 3 aliphatic rings. The van der Waals surface area contributed by atoms with E-state index in [2.05, 4.69) is 331 Å². The summed E-state index contributed by atoms with van der Waals surface area (Å²) in [6, 6.07) is 114. The molecule has 0 spiro atoms. The maximum Gasteiger partial charge on any atom is 0.135 e. The fourth-order valence-corrected chi connectivity index (χ4v) is 14.9. The molecule has 0 amide bonds. The molecule has 115 heavy (non-hydrogen) atoms. The van der Waals surface area contributed by atoms with E-state index in [1.54, 1.807) is 0 Å². The number of para-hydroxylation sites is 2. The van der Waals surface area contributed by atoms with Crippen LogP contribution in [0.1, 0.15) is 138 Å². The van der Waals surface area contributed by atoms with E-state index in [9.17, 15) is 0 Å². The molecule has 1 aliphatic heterocycles. The van der Waals surface area contributed by atoms with E-state index in [1.807, 2.05) is 68.5 Å². The van der Waals surface area contributed by atoms with E-state index >= 15 is 0 Å². The second kappa shape index (κ2) is 46.8. The number of fused-ring (bicyclic) bond motifs is 6. The van der Waals surface area contributed by atoms with Crippen molar-refractivity contribution in [2.45, 2.75) is 122 Å². The second-order valence-corrected chi connectivity index (χ2v) is 30.2. The predicted octanol–water partition coefficient (Wildman–Crippen LogP) is 24.5. The zero-order valence-electron chi connectivity index (χ0n) is 68.7. The zero-order valence-corrected chi connectivity index (χ0v) is 68.7. The minimum absolute atomic E-state index is 0. The largest absolute Gasteiger partial charge is 0.456 e. The molecule has 4 atom stereocenters. The lowest BCUT2D eigenvalue weighted by atomic mass is 9.75. The second-order valence-electron chi connectivity index (χ2n) is 30.2. The third kappa shape index (κ3) is 26.7. The number of benzene rings is 13. The average Bonchev–Trinajstić information content (AvgIpc) is 1.64. The summed E-state index contributed by atoms with van der Waals surface area (Å²) in [6.07, 6.45) is 13.1. The van der Waals surface area contributed by atoms with Gasteiger partial charge in [0.15, 0.2) is 0 Å². The molecule has 13 aromatic carbocycles. The van der Waals surface area contributed by atoms with Gasteiger partial charge in [-0.3, -0.25) is 0 Å². The molecule has 1 saturated heterocycles. The number of rotatable bonds is 10. The Balaban J connectivity index is 0.000000235. The lowest BCUT2D eigenvalue weighted by Crippen LogP contribution is -2.13. The molecule has 2 saturated carbocycles. The van der Waals surface area contributed by atoms with Gasteiger partial charge in [0.1, 0.15) is 22.3 Å². The molecule has 0 bridgehead atoms. The van der Waals surface area contributed by atoms with Gasteiger partial charge in [0.2, 0.25) is 0 Å². The first-order chi connectivity index (χ1) is 53.2. The van der Waals surface area contributed by atoms with Crippen LogP contribution >= 0.6 is 0 Å². The Bertz CT molecular complexity index is 5180. The van der Waals surface area contributed by atoms with E-state index in [0.717, 1.165) is 80.3 Å². The minimum Gasteiger partial charge on any atom is -0.456 e. The van der Waals surface area contributed by atoms with Crippen molar-refractivity contribution in [3.05, 3.63) is 372 Å². The van der Waals surface area contributed by atoms with Gasteiger partial charge in [-0.2, -0.15) is 0 Å². The first-order valence-corrected chi connectivity index (χ1v) is 39.3. The highest BCUT2D eigenvalue weighted by atomic mass is 16.5. The van der Waals surface area contributed by atoms with Gasteiger partial charge in [-0.05, 0) is 260 Å². The summed E-state index contributed by atoms with van der Waals surface area (Å²) < 4.78 is 16.9. The summed E-state index contributed by atoms with van der Waals surface area (Å²) in [5.41, 5.74) is 25.7. The molecular formula is C103H122N4O8. The summed E-state index contributed by atoms with van der Waals surface area (Å²) in [5.74, 6) is 2.83. The van der Waals surface area contributed by atoms with E-state index in [1.165, 1.54) is 148 Å². The first kappa shape index (κ1) is 92.6. The minimum atomic E-state index is 0. The summed E-state index contributed by atoms with van der Waals surface area (Å²) in [7, 11) is 8.10. The molecular weight excluding hydrogens is 1420 g/mol. The smallest absolute Gasteiger partial charge is 0.135 e. The Hall–Kier alpha value is -11.3. The average molecular weight is 1540 g/mol. The van der Waals surface area contributed by atoms with Gasteiger partial charge in [0, 0.05) is 64.6 Å². The lowest BCUT2D eigenvalue weighted by Gasteiger charge is -2.30. The molecule has 12 heteroatoms. The van der Waals surface area contributed by atoms with Crippen LogP contribution in [0.4, 0.5) is 22.7 Å². The SMILES string of the molecule is C1CCOC1.CN(C)C.Cc1ccc(C)cc1.Cc1ccc(C2CCCC(c3ccccc3)C2)cc1.Cc1ccc(N(C)c2ccc(-c3ccc4oc5ccccc5c4c3)cc2)cc1.Cc1ccccc1.N.O.O.O.O.O.c1ccc(C2CCCC(c3ccc(Nc4ccc(-c5ccc6oc7ccccc7c6c5)cc4)cc3)C2)cc1. The number of hydrogen-bond donors (Lipinski definition) is 2. The molecule has 3 fully saturated rings. The summed E-state index contributed by atoms with van der Waals surface area (Å²) in [6.45, 7) is 12.6. The molecule has 602 valence electrons. The standard InChI is InChI=1S/C36H31NO.C26H21NO.C19H22.C8H10.C7H8.C4H8O.C3H9N.H3N.5H2O/c1-2-7-25(8-3-1)28-9-6-10-29(23-28)26-13-18-31(19-14-26)37-32-20-15-27(16-21-32)30-17-22-36-34(24-30)33-11-4-5-12-35(33)38-36;1-18-7-12-21(13-8-18)27(2)22-14-9-19(10-15-22)20-11-16-26-24(17-20)23-5-3-4-6-25(23)28-26;1-15-10-12-17(13-11-15)19-9-5-8-18(14-19)16-6-3-2-4-7-16;1-7-3-5-8(2)6-4-7;1-7-5-3-2-4-6-7;1-2-4-5-3-1;1-4(2)3;;;;;;/h1-5,7-8,11-22,24,28-29,37H,6,9-10,23H2;3-17H,1-2H3;2-4,6-7,10-13,18-19H,5,8-9,14H2,1H3;3-6H,1-2H3;2-6H,1H3;1-4H2;1-3H3;1H3;5*1H2. The van der Waals surface area contributed by atoms with Crippen molar-refractivity contribution in [1.29, 1.82) is 0 Å². The normalized spacial score (nSPS) is 14.9. The monoisotopic (exact) mass is 1540 g/mol. The van der Waals surface area contributed by atoms with Crippen molar-refractivity contribution < 1.29 is 41.0 Å². The topological polar surface area (TPSA) is 247 Å². The molecule has 2 aliphatic carbocycles. The summed E-state index contributed by atoms with van der Waals surface area (Å²) in [5, 5.41) is 8.23. The number of ether oxygens (including phenoxy) is 1. The summed E-state index contributed by atoms with van der Waals surface area (Å²) in [4.78, 5) is 4.20. The van der Waals surface area contributed by atoms with E-state index in [0.29, 0.717) is 11.8 Å². The highest BCUT2D eigenvalue weighted by Gasteiger charge is 2.26. The van der Waals surface area contributed by atoms with Gasteiger partial charge in [-0.1, -0.05) is 277 Å². The molecule has 18 rings (SSSR count). The van der Waals surface area contributed by atoms with Crippen molar-refractivity contribution in [3.63, 3.8) is 0 Å². The fraction of sp³-hybridized carbons (Fsp3) is 0.243. The van der Waals surface area contributed by atoms with E-state index in [4.69, 9.17) is 13.6 Å². The number of furan rings is 2. The van der Waals surface area contributed by atoms with Crippen LogP contribution in [0.25, 0.3) is 66.1 Å². The molecule has 12 nitrogen and oxygen atoms in total. The Morgan fingerprint density at radius 3 is 0.913 bits per heavy atom. The summed E-state index contributed by atoms with van der Waals surface area (Å²) >= 11 is 0. The highest BCUT2D eigenvalue weighted by molar-refractivity contribution is 6.07. The number of nitrogens with one attached hydrogen (secondary N) is 1. The van der Waals surface area contributed by atoms with Gasteiger partial charge in [-0.15, -0.1) is 0 Å². The Kier molecular flexibility index (Phi) is 37.7. The van der Waals surface area contributed by atoms with Gasteiger partial charge >= 0.3 is 0 Å². The van der Waals surface area contributed by atoms with Gasteiger partial charge < -0.3 is 62.2 Å². The van der Waals surface area contributed by atoms with Gasteiger partial charge in [-0.25, -0.2) is 0 Å². The van der Waals surface area contributed by atoms with Crippen molar-refractivity contribution in [2.75, 3.05) is 51.6 Å². The number of nitrogens with zero attached hydrogens (tertiary/aromatic N) is 2. The molecule has 15 aromatic rings. The van der Waals surface area contributed by atoms with Crippen LogP contribution in [-0.4, -0.2) is 73.7 Å². The molecule has 3 heterocycles. The number of hydrogen-bond acceptors (Lipinski definition) is 7. The van der Waals surface area contributed by atoms with Crippen molar-refractivity contribution in [2.24, 2.45) is 0 Å². The molecule has 14 N–H and O–H groups in total. The fourth-order valence-electron chi connectivity index (χ4n) is 14.9. The van der Waals surface area contributed by atoms with Crippen LogP contribution in [0.15, 0.2) is 330 Å². The van der Waals surface area contributed by atoms with Crippen LogP contribution in [0.3, 0.4) is 0 Å². The van der Waals surface area contributed by atoms with Crippen LogP contribution in [-0.2, 0) is 4.74 Å². The van der Waals surface area contributed by atoms with Crippen LogP contribution in [0.5, 0.6) is 0 Å². The van der Waals surface area contributed by atoms with E-state index in [-0.39, 0.29) is 33.5 Å². The van der Waals surface area contributed by atoms with Crippen LogP contribution in [0, 0.1) is 34.6 Å². The molecule has 0 radical (unpaired) electrons. The Labute approximate surface area is 682 Å². The first-order valence-electron chi connectivity index (χ1n) is 39.3. The molecule has 4 unspecified atom stereocenters. The van der Waals surface area contributed by atoms with Gasteiger partial charge in [0.05, 0.1) is 0 Å². The van der Waals surface area contributed by atoms with Crippen molar-refractivity contribution in [3.8, 4) is 22.3 Å². The van der Waals surface area contributed by atoms with Crippen LogP contribution < -0.4 is 16.4 Å². The lowest BCUT2D eigenvalue weighted by molar-refractivity contribution is 0.198. The Morgan fingerprint density at radius 1 is 0.278 bits per heavy atom. The Morgan fingerprint density at radius 2 is 0.557 bits per heavy atom. The number of aryl methyl sites for hydroxylation is 5. The quantitative estimate of drug-likeness (QED) is 0.134. The van der Waals surface area contributed by atoms with E-state index < -0.39 is 0 Å². The number of anilines is 4. The van der Waals surface area contributed by atoms with Crippen LogP contribution in [0.2, 0.25) is 0 Å². The maximum atomic E-state index is 5.99. The molecule has 2 aromatic heterocycles. The highest BCUT2D eigenvalue weighted by Crippen LogP contribution is 2.44. The van der Waals surface area contributed by atoms with Crippen molar-refractivity contribution in [1.82, 2.24) is 11.1 Å². The third-order valence-electron chi connectivity index (χ3n) is 21.1. The zero-order chi connectivity index (χ0) is 75.7.